The average Bonchev–Trinajstić information content (AvgIpc) is 3.10. The molecule has 30 heavy (non-hydrogen) atoms. The Bertz CT molecular complexity index is 1000. The van der Waals surface area contributed by atoms with Crippen molar-refractivity contribution < 1.29 is 28.8 Å². The van der Waals surface area contributed by atoms with Gasteiger partial charge in [0.2, 0.25) is 0 Å². The van der Waals surface area contributed by atoms with Crippen LogP contribution in [0.1, 0.15) is 17.3 Å². The summed E-state index contributed by atoms with van der Waals surface area (Å²) >= 11 is 0. The minimum atomic E-state index is -1.04. The van der Waals surface area contributed by atoms with Gasteiger partial charge in [0.1, 0.15) is 24.1 Å². The fourth-order valence-corrected chi connectivity index (χ4v) is 3.69. The molecule has 0 amide bonds. The van der Waals surface area contributed by atoms with E-state index in [9.17, 15) is 9.90 Å². The van der Waals surface area contributed by atoms with Crippen LogP contribution in [0.2, 0.25) is 0 Å². The van der Waals surface area contributed by atoms with E-state index in [1.165, 1.54) is 7.11 Å². The van der Waals surface area contributed by atoms with Gasteiger partial charge < -0.3 is 24.1 Å². The summed E-state index contributed by atoms with van der Waals surface area (Å²) in [5.41, 5.74) is 0.442. The van der Waals surface area contributed by atoms with E-state index in [1.807, 2.05) is 48.5 Å². The number of fused-ring (bicyclic) bond motifs is 1. The first-order chi connectivity index (χ1) is 14.6. The molecule has 1 saturated heterocycles. The molecule has 0 radical (unpaired) electrons. The largest absolute Gasteiger partial charge is 0.484 e. The molecule has 5 atom stereocenters. The molecule has 1 N–H and O–H groups in total. The van der Waals surface area contributed by atoms with Crippen molar-refractivity contribution in [2.75, 3.05) is 7.11 Å². The molecular formula is C24H24O6. The maximum Gasteiger partial charge on any atom is 0.338 e. The highest BCUT2D eigenvalue weighted by molar-refractivity contribution is 5.89. The van der Waals surface area contributed by atoms with Crippen molar-refractivity contribution in [1.29, 1.82) is 0 Å². The number of benzene rings is 3. The Kier molecular flexibility index (Phi) is 5.99. The number of rotatable bonds is 6. The maximum atomic E-state index is 12.5. The summed E-state index contributed by atoms with van der Waals surface area (Å²) in [6.45, 7) is 1.72. The summed E-state index contributed by atoms with van der Waals surface area (Å²) in [5, 5.41) is 12.7. The minimum Gasteiger partial charge on any atom is -0.484 e. The Morgan fingerprint density at radius 1 is 1.00 bits per heavy atom. The Labute approximate surface area is 174 Å². The van der Waals surface area contributed by atoms with Crippen molar-refractivity contribution in [3.05, 3.63) is 78.4 Å². The lowest BCUT2D eigenvalue weighted by Crippen LogP contribution is -2.43. The number of methoxy groups -OCH3 is 1. The van der Waals surface area contributed by atoms with Crippen molar-refractivity contribution >= 4 is 16.7 Å². The lowest BCUT2D eigenvalue weighted by molar-refractivity contribution is -0.162. The Hall–Kier alpha value is -2.93. The van der Waals surface area contributed by atoms with Gasteiger partial charge in [0, 0.05) is 12.5 Å². The van der Waals surface area contributed by atoms with E-state index in [0.29, 0.717) is 11.3 Å². The monoisotopic (exact) mass is 408 g/mol. The first-order valence-electron chi connectivity index (χ1n) is 9.85. The summed E-state index contributed by atoms with van der Waals surface area (Å²) in [5.74, 6) is 0.148. The van der Waals surface area contributed by atoms with Crippen LogP contribution in [0.25, 0.3) is 10.8 Å². The van der Waals surface area contributed by atoms with E-state index >= 15 is 0 Å². The van der Waals surface area contributed by atoms with Gasteiger partial charge in [-0.1, -0.05) is 54.6 Å². The van der Waals surface area contributed by atoms with Gasteiger partial charge in [-0.05, 0) is 30.5 Å². The van der Waals surface area contributed by atoms with Gasteiger partial charge in [-0.3, -0.25) is 0 Å². The van der Waals surface area contributed by atoms with Gasteiger partial charge in [0.15, 0.2) is 12.4 Å². The van der Waals surface area contributed by atoms with Crippen LogP contribution >= 0.6 is 0 Å². The van der Waals surface area contributed by atoms with Crippen molar-refractivity contribution in [1.82, 2.24) is 0 Å². The third kappa shape index (κ3) is 4.03. The molecule has 1 heterocycles. The van der Waals surface area contributed by atoms with Gasteiger partial charge in [0.05, 0.1) is 5.56 Å². The third-order valence-corrected chi connectivity index (χ3v) is 5.24. The second-order valence-corrected chi connectivity index (χ2v) is 7.23. The number of carbonyl (C=O) groups is 1. The lowest BCUT2D eigenvalue weighted by atomic mass is 10.1. The highest BCUT2D eigenvalue weighted by atomic mass is 16.7. The molecule has 3 aromatic rings. The number of ether oxygens (including phenoxy) is 4. The number of aliphatic hydroxyl groups is 1. The van der Waals surface area contributed by atoms with Crippen LogP contribution in [0, 0.1) is 0 Å². The zero-order valence-corrected chi connectivity index (χ0v) is 16.8. The Balaban J connectivity index is 1.57. The second kappa shape index (κ2) is 8.83. The van der Waals surface area contributed by atoms with Crippen LogP contribution in [0.3, 0.4) is 0 Å². The molecular weight excluding hydrogens is 384 g/mol. The van der Waals surface area contributed by atoms with Gasteiger partial charge in [-0.2, -0.15) is 0 Å². The van der Waals surface area contributed by atoms with Crippen LogP contribution in [-0.4, -0.2) is 48.9 Å². The molecule has 0 spiro atoms. The van der Waals surface area contributed by atoms with Crippen molar-refractivity contribution in [2.24, 2.45) is 0 Å². The quantitative estimate of drug-likeness (QED) is 0.629. The Morgan fingerprint density at radius 3 is 2.47 bits per heavy atom. The summed E-state index contributed by atoms with van der Waals surface area (Å²) in [6.07, 6.45) is -4.09. The van der Waals surface area contributed by atoms with Gasteiger partial charge >= 0.3 is 5.97 Å². The second-order valence-electron chi connectivity index (χ2n) is 7.23. The topological polar surface area (TPSA) is 74.2 Å². The van der Waals surface area contributed by atoms with Gasteiger partial charge in [-0.25, -0.2) is 4.79 Å². The van der Waals surface area contributed by atoms with Crippen LogP contribution in [-0.2, 0) is 14.2 Å². The SMILES string of the molecule is CO[C@H]1O[C@H](C(C)OC(=O)c2ccccc2)[C@@H](Oc2cccc3ccccc23)[C@H]1O. The molecule has 6 heteroatoms. The van der Waals surface area contributed by atoms with Crippen LogP contribution < -0.4 is 4.74 Å². The van der Waals surface area contributed by atoms with Crippen LogP contribution in [0.15, 0.2) is 72.8 Å². The summed E-state index contributed by atoms with van der Waals surface area (Å²) in [4.78, 5) is 12.5. The molecule has 156 valence electrons. The predicted molar refractivity (Wildman–Crippen MR) is 111 cm³/mol. The van der Waals surface area contributed by atoms with Crippen molar-refractivity contribution in [2.45, 2.75) is 37.6 Å². The molecule has 1 unspecified atom stereocenters. The van der Waals surface area contributed by atoms with E-state index in [0.717, 1.165) is 10.8 Å². The number of hydrogen-bond acceptors (Lipinski definition) is 6. The molecule has 1 fully saturated rings. The Morgan fingerprint density at radius 2 is 1.70 bits per heavy atom. The third-order valence-electron chi connectivity index (χ3n) is 5.24. The minimum absolute atomic E-state index is 0.442. The lowest BCUT2D eigenvalue weighted by Gasteiger charge is -2.26. The van der Waals surface area contributed by atoms with Gasteiger partial charge in [-0.15, -0.1) is 0 Å². The number of carbonyl (C=O) groups excluding carboxylic acids is 1. The first-order valence-corrected chi connectivity index (χ1v) is 9.85. The summed E-state index contributed by atoms with van der Waals surface area (Å²) < 4.78 is 22.9. The predicted octanol–water partition coefficient (Wildman–Crippen LogP) is 3.56. The smallest absolute Gasteiger partial charge is 0.338 e. The van der Waals surface area contributed by atoms with E-state index in [1.54, 1.807) is 31.2 Å². The molecule has 0 saturated carbocycles. The van der Waals surface area contributed by atoms with E-state index in [4.69, 9.17) is 18.9 Å². The molecule has 1 aliphatic heterocycles. The van der Waals surface area contributed by atoms with E-state index in [-0.39, 0.29) is 0 Å². The molecule has 0 bridgehead atoms. The summed E-state index contributed by atoms with van der Waals surface area (Å²) in [6, 6.07) is 22.3. The molecule has 1 aliphatic rings. The van der Waals surface area contributed by atoms with Gasteiger partial charge in [0.25, 0.3) is 0 Å². The highest BCUT2D eigenvalue weighted by Crippen LogP contribution is 2.33. The number of esters is 1. The zero-order chi connectivity index (χ0) is 21.1. The maximum absolute atomic E-state index is 12.5. The fourth-order valence-electron chi connectivity index (χ4n) is 3.69. The molecule has 0 aromatic heterocycles. The normalized spacial score (nSPS) is 24.5. The standard InChI is InChI=1S/C24H24O6/c1-15(28-23(26)17-10-4-3-5-11-17)21-22(20(25)24(27-2)30-21)29-19-14-8-12-16-9-6-7-13-18(16)19/h3-15,20-22,24-25H,1-2H3/t15?,20-,21-,22+,24+/m1/s1. The highest BCUT2D eigenvalue weighted by Gasteiger charge is 2.49. The van der Waals surface area contributed by atoms with Crippen molar-refractivity contribution in [3.8, 4) is 5.75 Å². The molecule has 3 aromatic carbocycles. The van der Waals surface area contributed by atoms with E-state index < -0.39 is 36.7 Å². The fraction of sp³-hybridized carbons (Fsp3) is 0.292. The van der Waals surface area contributed by atoms with E-state index in [2.05, 4.69) is 0 Å². The first kappa shape index (κ1) is 20.3. The number of hydrogen-bond donors (Lipinski definition) is 1. The van der Waals surface area contributed by atoms with Crippen molar-refractivity contribution in [3.63, 3.8) is 0 Å². The average molecular weight is 408 g/mol. The van der Waals surface area contributed by atoms with Crippen LogP contribution in [0.4, 0.5) is 0 Å². The molecule has 4 rings (SSSR count). The molecule has 0 aliphatic carbocycles. The number of aliphatic hydroxyl groups excluding tert-OH is 1. The summed E-state index contributed by atoms with van der Waals surface area (Å²) in [7, 11) is 1.45. The molecule has 6 nitrogen and oxygen atoms in total. The van der Waals surface area contributed by atoms with Crippen LogP contribution in [0.5, 0.6) is 5.75 Å². The zero-order valence-electron chi connectivity index (χ0n) is 16.8.